The summed E-state index contributed by atoms with van der Waals surface area (Å²) >= 11 is 0. The Labute approximate surface area is 119 Å². The lowest BCUT2D eigenvalue weighted by molar-refractivity contribution is 0.806. The molecule has 2 aromatic carbocycles. The first-order valence-electron chi connectivity index (χ1n) is 6.80. The molecule has 0 atom stereocenters. The number of benzene rings is 2. The Morgan fingerprint density at radius 1 is 0.800 bits per heavy atom. The monoisotopic (exact) mass is 259 g/mol. The van der Waals surface area contributed by atoms with Crippen LogP contribution in [0.2, 0.25) is 0 Å². The maximum atomic E-state index is 3.92. The molecule has 0 amide bonds. The van der Waals surface area contributed by atoms with Gasteiger partial charge in [-0.3, -0.25) is 0 Å². The van der Waals surface area contributed by atoms with Gasteiger partial charge in [-0.05, 0) is 29.3 Å². The average Bonchev–Trinajstić information content (AvgIpc) is 2.92. The second-order valence-electron chi connectivity index (χ2n) is 4.79. The molecule has 1 heterocycles. The second-order valence-corrected chi connectivity index (χ2v) is 4.79. The van der Waals surface area contributed by atoms with E-state index in [1.54, 1.807) is 0 Å². The molecule has 0 bridgehead atoms. The molecule has 3 rings (SSSR count). The quantitative estimate of drug-likeness (QED) is 0.631. The average molecular weight is 259 g/mol. The van der Waals surface area contributed by atoms with Crippen LogP contribution in [0.3, 0.4) is 0 Å². The maximum absolute atomic E-state index is 3.92. The van der Waals surface area contributed by atoms with Gasteiger partial charge in [-0.1, -0.05) is 67.2 Å². The van der Waals surface area contributed by atoms with Crippen molar-refractivity contribution in [3.05, 3.63) is 90.6 Å². The molecule has 20 heavy (non-hydrogen) atoms. The van der Waals surface area contributed by atoms with Crippen molar-refractivity contribution in [1.29, 1.82) is 0 Å². The molecule has 0 radical (unpaired) electrons. The predicted molar refractivity (Wildman–Crippen MR) is 85.5 cm³/mol. The van der Waals surface area contributed by atoms with E-state index in [4.69, 9.17) is 0 Å². The lowest BCUT2D eigenvalue weighted by Gasteiger charge is -2.12. The van der Waals surface area contributed by atoms with Crippen LogP contribution in [0.1, 0.15) is 11.3 Å². The molecule has 0 saturated carbocycles. The summed E-state index contributed by atoms with van der Waals surface area (Å²) < 4.78 is 2.30. The van der Waals surface area contributed by atoms with Crippen molar-refractivity contribution in [2.45, 2.75) is 6.54 Å². The molecule has 98 valence electrons. The van der Waals surface area contributed by atoms with Gasteiger partial charge < -0.3 is 4.57 Å². The van der Waals surface area contributed by atoms with Gasteiger partial charge >= 0.3 is 0 Å². The van der Waals surface area contributed by atoms with E-state index in [9.17, 15) is 0 Å². The van der Waals surface area contributed by atoms with Crippen LogP contribution in [0.15, 0.2) is 79.4 Å². The molecular formula is C19H17N. The topological polar surface area (TPSA) is 4.93 Å². The molecule has 0 aliphatic rings. The maximum Gasteiger partial charge on any atom is 0.0488 e. The fraction of sp³-hybridized carbons (Fsp3) is 0.0526. The first-order valence-corrected chi connectivity index (χ1v) is 6.80. The number of rotatable bonds is 4. The third kappa shape index (κ3) is 2.43. The summed E-state index contributed by atoms with van der Waals surface area (Å²) in [5.41, 5.74) is 4.90. The molecule has 0 unspecified atom stereocenters. The first kappa shape index (κ1) is 12.5. The zero-order chi connectivity index (χ0) is 13.8. The van der Waals surface area contributed by atoms with E-state index >= 15 is 0 Å². The zero-order valence-corrected chi connectivity index (χ0v) is 11.4. The third-order valence-corrected chi connectivity index (χ3v) is 3.48. The highest BCUT2D eigenvalue weighted by Crippen LogP contribution is 2.24. The van der Waals surface area contributed by atoms with Crippen LogP contribution in [0, 0.1) is 0 Å². The Bertz CT molecular complexity index is 693. The Morgan fingerprint density at radius 3 is 2.10 bits per heavy atom. The van der Waals surface area contributed by atoms with Gasteiger partial charge in [0.1, 0.15) is 0 Å². The highest BCUT2D eigenvalue weighted by Gasteiger charge is 2.08. The van der Waals surface area contributed by atoms with Gasteiger partial charge in [0, 0.05) is 17.9 Å². The minimum absolute atomic E-state index is 0.861. The normalized spacial score (nSPS) is 10.4. The van der Waals surface area contributed by atoms with Crippen molar-refractivity contribution >= 4 is 6.08 Å². The molecule has 0 saturated heterocycles. The summed E-state index contributed by atoms with van der Waals surface area (Å²) in [5, 5.41) is 0. The van der Waals surface area contributed by atoms with Gasteiger partial charge in [0.2, 0.25) is 0 Å². The molecule has 0 N–H and O–H groups in total. The van der Waals surface area contributed by atoms with E-state index in [-0.39, 0.29) is 0 Å². The largest absolute Gasteiger partial charge is 0.337 e. The molecule has 1 heteroatoms. The smallest absolute Gasteiger partial charge is 0.0488 e. The van der Waals surface area contributed by atoms with E-state index < -0.39 is 0 Å². The van der Waals surface area contributed by atoms with Gasteiger partial charge in [0.15, 0.2) is 0 Å². The highest BCUT2D eigenvalue weighted by molar-refractivity contribution is 5.64. The summed E-state index contributed by atoms with van der Waals surface area (Å²) in [6.07, 6.45) is 1.91. The first-order chi connectivity index (χ1) is 9.88. The van der Waals surface area contributed by atoms with Crippen LogP contribution in [0.25, 0.3) is 17.3 Å². The van der Waals surface area contributed by atoms with Crippen LogP contribution in [-0.2, 0) is 6.54 Å². The summed E-state index contributed by atoms with van der Waals surface area (Å²) in [5.74, 6) is 0. The van der Waals surface area contributed by atoms with E-state index in [0.717, 1.165) is 12.2 Å². The Balaban J connectivity index is 2.05. The van der Waals surface area contributed by atoms with Crippen LogP contribution in [0.5, 0.6) is 0 Å². The number of hydrogen-bond donors (Lipinski definition) is 0. The lowest BCUT2D eigenvalue weighted by Crippen LogP contribution is -2.03. The minimum atomic E-state index is 0.861. The molecular weight excluding hydrogens is 242 g/mol. The van der Waals surface area contributed by atoms with Crippen molar-refractivity contribution < 1.29 is 0 Å². The van der Waals surface area contributed by atoms with Gasteiger partial charge in [-0.2, -0.15) is 0 Å². The fourth-order valence-electron chi connectivity index (χ4n) is 2.47. The van der Waals surface area contributed by atoms with Crippen molar-refractivity contribution in [2.75, 3.05) is 0 Å². The van der Waals surface area contributed by atoms with Crippen LogP contribution < -0.4 is 0 Å². The summed E-state index contributed by atoms with van der Waals surface area (Å²) in [6, 6.07) is 25.3. The SMILES string of the molecule is C=Cc1ccc(-c2ccccc2)n1Cc1ccccc1. The Hall–Kier alpha value is -2.54. The highest BCUT2D eigenvalue weighted by atomic mass is 15.0. The molecule has 1 nitrogen and oxygen atoms in total. The van der Waals surface area contributed by atoms with E-state index in [0.29, 0.717) is 0 Å². The van der Waals surface area contributed by atoms with E-state index in [1.807, 2.05) is 18.2 Å². The van der Waals surface area contributed by atoms with Crippen molar-refractivity contribution in [1.82, 2.24) is 4.57 Å². The minimum Gasteiger partial charge on any atom is -0.337 e. The van der Waals surface area contributed by atoms with Crippen LogP contribution >= 0.6 is 0 Å². The molecule has 0 spiro atoms. The summed E-state index contributed by atoms with van der Waals surface area (Å²) in [4.78, 5) is 0. The van der Waals surface area contributed by atoms with Crippen molar-refractivity contribution in [3.63, 3.8) is 0 Å². The molecule has 0 aliphatic carbocycles. The van der Waals surface area contributed by atoms with E-state index in [1.165, 1.54) is 16.8 Å². The predicted octanol–water partition coefficient (Wildman–Crippen LogP) is 4.85. The van der Waals surface area contributed by atoms with Gasteiger partial charge in [0.25, 0.3) is 0 Å². The molecule has 1 aromatic heterocycles. The number of hydrogen-bond acceptors (Lipinski definition) is 0. The van der Waals surface area contributed by atoms with Gasteiger partial charge in [0.05, 0.1) is 0 Å². The summed E-state index contributed by atoms with van der Waals surface area (Å²) in [6.45, 7) is 4.78. The van der Waals surface area contributed by atoms with Crippen molar-refractivity contribution in [3.8, 4) is 11.3 Å². The fourth-order valence-corrected chi connectivity index (χ4v) is 2.47. The zero-order valence-electron chi connectivity index (χ0n) is 11.4. The number of aromatic nitrogens is 1. The van der Waals surface area contributed by atoms with Crippen molar-refractivity contribution in [2.24, 2.45) is 0 Å². The standard InChI is InChI=1S/C19H17N/c1-2-18-13-14-19(17-11-7-4-8-12-17)20(18)15-16-9-5-3-6-10-16/h2-14H,1,15H2. The lowest BCUT2D eigenvalue weighted by atomic mass is 10.1. The van der Waals surface area contributed by atoms with Crippen LogP contribution in [-0.4, -0.2) is 4.57 Å². The van der Waals surface area contributed by atoms with Crippen LogP contribution in [0.4, 0.5) is 0 Å². The molecule has 0 aliphatic heterocycles. The third-order valence-electron chi connectivity index (χ3n) is 3.48. The number of nitrogens with zero attached hydrogens (tertiary/aromatic N) is 1. The Kier molecular flexibility index (Phi) is 3.51. The molecule has 3 aromatic rings. The second kappa shape index (κ2) is 5.62. The Morgan fingerprint density at radius 2 is 1.45 bits per heavy atom. The van der Waals surface area contributed by atoms with E-state index in [2.05, 4.69) is 71.8 Å². The van der Waals surface area contributed by atoms with Gasteiger partial charge in [-0.25, -0.2) is 0 Å². The molecule has 0 fully saturated rings. The summed E-state index contributed by atoms with van der Waals surface area (Å²) in [7, 11) is 0. The van der Waals surface area contributed by atoms with Gasteiger partial charge in [-0.15, -0.1) is 0 Å².